The van der Waals surface area contributed by atoms with Gasteiger partial charge in [-0.15, -0.1) is 0 Å². The highest BCUT2D eigenvalue weighted by Gasteiger charge is 2.21. The summed E-state index contributed by atoms with van der Waals surface area (Å²) in [4.78, 5) is 26.7. The number of hydrogen-bond donors (Lipinski definition) is 2. The molecule has 0 saturated carbocycles. The van der Waals surface area contributed by atoms with Crippen LogP contribution in [0.4, 0.5) is 0 Å². The number of methoxy groups -OCH3 is 1. The molecule has 1 aromatic carbocycles. The Hall–Kier alpha value is -2.60. The number of ether oxygens (including phenoxy) is 2. The van der Waals surface area contributed by atoms with Crippen molar-refractivity contribution in [2.45, 2.75) is 31.9 Å². The Bertz CT molecular complexity index is 800. The number of aromatic amines is 1. The van der Waals surface area contributed by atoms with E-state index in [1.807, 2.05) is 12.1 Å². The average Bonchev–Trinajstić information content (AvgIpc) is 2.62. The molecule has 1 amide bonds. The Kier molecular flexibility index (Phi) is 5.50. The molecule has 0 saturated heterocycles. The predicted molar refractivity (Wildman–Crippen MR) is 93.5 cm³/mol. The first kappa shape index (κ1) is 17.2. The molecule has 1 atom stereocenters. The number of fused-ring (bicyclic) bond motifs is 1. The zero-order valence-electron chi connectivity index (χ0n) is 14.2. The van der Waals surface area contributed by atoms with Gasteiger partial charge in [-0.25, -0.2) is 0 Å². The van der Waals surface area contributed by atoms with Crippen LogP contribution in [0.1, 0.15) is 35.7 Å². The van der Waals surface area contributed by atoms with Gasteiger partial charge in [0.25, 0.3) is 0 Å². The third-order valence-electron chi connectivity index (χ3n) is 4.35. The van der Waals surface area contributed by atoms with E-state index in [1.54, 1.807) is 0 Å². The molecule has 0 aliphatic heterocycles. The summed E-state index contributed by atoms with van der Waals surface area (Å²) in [6.45, 7) is 0.112. The normalized spacial score (nSPS) is 16.1. The summed E-state index contributed by atoms with van der Waals surface area (Å²) >= 11 is 0. The number of carbonyl (C=O) groups excluding carboxylic acids is 1. The molecule has 0 radical (unpaired) electrons. The number of amides is 1. The van der Waals surface area contributed by atoms with Gasteiger partial charge >= 0.3 is 0 Å². The third kappa shape index (κ3) is 4.28. The first-order valence-electron chi connectivity index (χ1n) is 8.38. The van der Waals surface area contributed by atoms with E-state index >= 15 is 0 Å². The second-order valence-electron chi connectivity index (χ2n) is 6.09. The molecule has 25 heavy (non-hydrogen) atoms. The summed E-state index contributed by atoms with van der Waals surface area (Å²) in [5, 5.41) is 3.04. The third-order valence-corrected chi connectivity index (χ3v) is 4.35. The van der Waals surface area contributed by atoms with Crippen molar-refractivity contribution in [1.29, 1.82) is 0 Å². The van der Waals surface area contributed by atoms with Crippen LogP contribution in [0.3, 0.4) is 0 Å². The highest BCUT2D eigenvalue weighted by molar-refractivity contribution is 5.77. The Morgan fingerprint density at radius 2 is 2.20 bits per heavy atom. The molecule has 6 nitrogen and oxygen atoms in total. The minimum Gasteiger partial charge on any atom is -0.491 e. The maximum atomic E-state index is 12.2. The van der Waals surface area contributed by atoms with Crippen molar-refractivity contribution in [3.8, 4) is 5.75 Å². The molecule has 2 N–H and O–H groups in total. The Labute approximate surface area is 146 Å². The smallest absolute Gasteiger partial charge is 0.246 e. The van der Waals surface area contributed by atoms with Gasteiger partial charge < -0.3 is 19.8 Å². The molecule has 1 aliphatic rings. The van der Waals surface area contributed by atoms with Gasteiger partial charge in [-0.2, -0.15) is 0 Å². The van der Waals surface area contributed by atoms with Crippen LogP contribution < -0.4 is 15.5 Å². The maximum absolute atomic E-state index is 12.2. The molecule has 1 aliphatic carbocycles. The molecule has 2 aromatic rings. The van der Waals surface area contributed by atoms with E-state index in [1.165, 1.54) is 30.5 Å². The second kappa shape index (κ2) is 7.98. The van der Waals surface area contributed by atoms with Crippen molar-refractivity contribution in [3.63, 3.8) is 0 Å². The second-order valence-corrected chi connectivity index (χ2v) is 6.09. The number of H-pyrrole nitrogens is 1. The largest absolute Gasteiger partial charge is 0.491 e. The fourth-order valence-electron chi connectivity index (χ4n) is 3.14. The van der Waals surface area contributed by atoms with Crippen molar-refractivity contribution in [1.82, 2.24) is 10.3 Å². The first-order chi connectivity index (χ1) is 12.2. The van der Waals surface area contributed by atoms with Crippen molar-refractivity contribution < 1.29 is 14.3 Å². The first-order valence-corrected chi connectivity index (χ1v) is 8.38. The lowest BCUT2D eigenvalue weighted by Gasteiger charge is -2.26. The molecular formula is C19H22N2O4. The van der Waals surface area contributed by atoms with Gasteiger partial charge in [0.1, 0.15) is 6.61 Å². The molecule has 3 rings (SSSR count). The van der Waals surface area contributed by atoms with Crippen molar-refractivity contribution >= 4 is 5.91 Å². The topological polar surface area (TPSA) is 80.4 Å². The summed E-state index contributed by atoms with van der Waals surface area (Å²) in [5.74, 6) is 0.0926. The van der Waals surface area contributed by atoms with Crippen LogP contribution in [-0.2, 0) is 22.6 Å². The number of pyridine rings is 1. The minimum atomic E-state index is -0.219. The fraction of sp³-hybridized carbons (Fsp3) is 0.368. The fourth-order valence-corrected chi connectivity index (χ4v) is 3.14. The molecule has 1 heterocycles. The Balaban J connectivity index is 1.51. The van der Waals surface area contributed by atoms with E-state index in [2.05, 4.69) is 22.4 Å². The summed E-state index contributed by atoms with van der Waals surface area (Å²) < 4.78 is 10.3. The standard InChI is InChI=1S/C19H22N2O4/c1-24-18-10-20-14(9-17(18)22)11-25-12-19(23)21-16-8-4-6-13-5-2-3-7-15(13)16/h2-3,5,7,9-10,16H,4,6,8,11-12H2,1H3,(H,20,22)(H,21,23). The van der Waals surface area contributed by atoms with Gasteiger partial charge in [-0.05, 0) is 30.4 Å². The Morgan fingerprint density at radius 3 is 3.00 bits per heavy atom. The molecule has 6 heteroatoms. The van der Waals surface area contributed by atoms with Crippen LogP contribution in [0, 0.1) is 0 Å². The molecular weight excluding hydrogens is 320 g/mol. The van der Waals surface area contributed by atoms with Crippen LogP contribution in [-0.4, -0.2) is 24.6 Å². The summed E-state index contributed by atoms with van der Waals surface area (Å²) in [6.07, 6.45) is 4.55. The van der Waals surface area contributed by atoms with Gasteiger partial charge in [0.2, 0.25) is 11.3 Å². The van der Waals surface area contributed by atoms with E-state index in [9.17, 15) is 9.59 Å². The van der Waals surface area contributed by atoms with Gasteiger partial charge in [0.15, 0.2) is 5.75 Å². The van der Waals surface area contributed by atoms with E-state index in [4.69, 9.17) is 9.47 Å². The lowest BCUT2D eigenvalue weighted by molar-refractivity contribution is -0.127. The van der Waals surface area contributed by atoms with Crippen LogP contribution >= 0.6 is 0 Å². The molecule has 0 fully saturated rings. The molecule has 1 unspecified atom stereocenters. The van der Waals surface area contributed by atoms with Gasteiger partial charge in [0.05, 0.1) is 19.8 Å². The van der Waals surface area contributed by atoms with Gasteiger partial charge in [0, 0.05) is 18.0 Å². The van der Waals surface area contributed by atoms with E-state index in [0.29, 0.717) is 5.69 Å². The lowest BCUT2D eigenvalue weighted by atomic mass is 9.88. The van der Waals surface area contributed by atoms with Crippen molar-refractivity contribution in [2.24, 2.45) is 0 Å². The van der Waals surface area contributed by atoms with E-state index in [0.717, 1.165) is 19.3 Å². The van der Waals surface area contributed by atoms with Crippen molar-refractivity contribution in [2.75, 3.05) is 13.7 Å². The van der Waals surface area contributed by atoms with Crippen LogP contribution in [0.5, 0.6) is 5.75 Å². The zero-order chi connectivity index (χ0) is 17.6. The van der Waals surface area contributed by atoms with Crippen molar-refractivity contribution in [3.05, 3.63) is 63.6 Å². The highest BCUT2D eigenvalue weighted by atomic mass is 16.5. The number of nitrogens with one attached hydrogen (secondary N) is 2. The van der Waals surface area contributed by atoms with Gasteiger partial charge in [-0.1, -0.05) is 24.3 Å². The number of rotatable bonds is 6. The van der Waals surface area contributed by atoms with E-state index < -0.39 is 0 Å². The minimum absolute atomic E-state index is 0.0434. The summed E-state index contributed by atoms with van der Waals surface area (Å²) in [5.41, 5.74) is 2.88. The molecule has 0 spiro atoms. The summed E-state index contributed by atoms with van der Waals surface area (Å²) in [7, 11) is 1.44. The van der Waals surface area contributed by atoms with Crippen LogP contribution in [0.25, 0.3) is 0 Å². The van der Waals surface area contributed by atoms with Crippen LogP contribution in [0.15, 0.2) is 41.3 Å². The molecule has 1 aromatic heterocycles. The predicted octanol–water partition coefficient (Wildman–Crippen LogP) is 2.09. The number of carbonyl (C=O) groups is 1. The zero-order valence-corrected chi connectivity index (χ0v) is 14.2. The Morgan fingerprint density at radius 1 is 1.36 bits per heavy atom. The number of benzene rings is 1. The average molecular weight is 342 g/mol. The molecule has 0 bridgehead atoms. The van der Waals surface area contributed by atoms with E-state index in [-0.39, 0.29) is 36.3 Å². The number of aryl methyl sites for hydroxylation is 1. The van der Waals surface area contributed by atoms with Crippen LogP contribution in [0.2, 0.25) is 0 Å². The quantitative estimate of drug-likeness (QED) is 0.842. The lowest BCUT2D eigenvalue weighted by Crippen LogP contribution is -2.33. The number of hydrogen-bond acceptors (Lipinski definition) is 4. The summed E-state index contributed by atoms with van der Waals surface area (Å²) in [6, 6.07) is 9.67. The molecule has 132 valence electrons. The maximum Gasteiger partial charge on any atom is 0.246 e. The van der Waals surface area contributed by atoms with Gasteiger partial charge in [-0.3, -0.25) is 9.59 Å². The highest BCUT2D eigenvalue weighted by Crippen LogP contribution is 2.29. The SMILES string of the molecule is COc1c[nH]c(COCC(=O)NC2CCCc3ccccc32)cc1=O. The number of aromatic nitrogens is 1. The monoisotopic (exact) mass is 342 g/mol.